The monoisotopic (exact) mass is 284 g/mol. The predicted octanol–water partition coefficient (Wildman–Crippen LogP) is 0.542. The average molecular weight is 284 g/mol. The topological polar surface area (TPSA) is 73.5 Å². The van der Waals surface area contributed by atoms with Crippen molar-refractivity contribution in [3.05, 3.63) is 0 Å². The van der Waals surface area contributed by atoms with E-state index in [-0.39, 0.29) is 11.9 Å². The molecule has 0 radical (unpaired) electrons. The summed E-state index contributed by atoms with van der Waals surface area (Å²) in [5, 5.41) is 8.24. The van der Waals surface area contributed by atoms with Gasteiger partial charge in [0, 0.05) is 19.1 Å². The smallest absolute Gasteiger partial charge is 0.321 e. The second kappa shape index (κ2) is 8.92. The summed E-state index contributed by atoms with van der Waals surface area (Å²) in [6.45, 7) is 6.90. The molecule has 0 spiro atoms. The lowest BCUT2D eigenvalue weighted by atomic mass is 10.1. The maximum Gasteiger partial charge on any atom is 0.321 e. The summed E-state index contributed by atoms with van der Waals surface area (Å²) in [7, 11) is 1.92. The average Bonchev–Trinajstić information content (AvgIpc) is 2.76. The molecule has 1 saturated heterocycles. The summed E-state index contributed by atoms with van der Waals surface area (Å²) < 4.78 is 0. The second-order valence-corrected chi connectivity index (χ2v) is 5.81. The molecule has 20 heavy (non-hydrogen) atoms. The minimum Gasteiger partial charge on any atom is -0.338 e. The van der Waals surface area contributed by atoms with Gasteiger partial charge < -0.3 is 10.6 Å². The van der Waals surface area contributed by atoms with Crippen molar-refractivity contribution >= 4 is 11.9 Å². The van der Waals surface area contributed by atoms with Gasteiger partial charge in [0.05, 0.1) is 6.54 Å². The fourth-order valence-electron chi connectivity index (χ4n) is 2.44. The molecule has 0 aromatic rings. The molecular weight excluding hydrogens is 256 g/mol. The maximum atomic E-state index is 11.8. The zero-order valence-corrected chi connectivity index (χ0v) is 12.9. The van der Waals surface area contributed by atoms with E-state index >= 15 is 0 Å². The summed E-state index contributed by atoms with van der Waals surface area (Å²) in [5.74, 6) is 0.313. The SMILES string of the molecule is CNCC1CCCN1CC(=O)NC(=O)NCCC(C)C. The van der Waals surface area contributed by atoms with Gasteiger partial charge in [-0.2, -0.15) is 0 Å². The van der Waals surface area contributed by atoms with Crippen LogP contribution in [0.15, 0.2) is 0 Å². The number of hydrogen-bond donors (Lipinski definition) is 3. The van der Waals surface area contributed by atoms with Crippen molar-refractivity contribution in [1.29, 1.82) is 0 Å². The largest absolute Gasteiger partial charge is 0.338 e. The van der Waals surface area contributed by atoms with Crippen LogP contribution in [-0.4, -0.2) is 56.1 Å². The molecule has 0 aromatic carbocycles. The quantitative estimate of drug-likeness (QED) is 0.638. The van der Waals surface area contributed by atoms with Crippen LogP contribution in [0.2, 0.25) is 0 Å². The number of nitrogens with one attached hydrogen (secondary N) is 3. The molecule has 1 aliphatic heterocycles. The molecule has 0 bridgehead atoms. The van der Waals surface area contributed by atoms with E-state index in [1.54, 1.807) is 0 Å². The zero-order chi connectivity index (χ0) is 15.0. The second-order valence-electron chi connectivity index (χ2n) is 5.81. The molecule has 0 aromatic heterocycles. The number of carbonyl (C=O) groups excluding carboxylic acids is 2. The molecule has 1 atom stereocenters. The Kier molecular flexibility index (Phi) is 7.54. The van der Waals surface area contributed by atoms with Gasteiger partial charge in [0.1, 0.15) is 0 Å². The molecule has 6 heteroatoms. The molecule has 0 aliphatic carbocycles. The van der Waals surface area contributed by atoms with E-state index < -0.39 is 0 Å². The molecule has 1 rings (SSSR count). The molecule has 6 nitrogen and oxygen atoms in total. The first-order valence-corrected chi connectivity index (χ1v) is 7.49. The van der Waals surface area contributed by atoms with Crippen molar-refractivity contribution in [2.24, 2.45) is 5.92 Å². The van der Waals surface area contributed by atoms with Gasteiger partial charge >= 0.3 is 6.03 Å². The van der Waals surface area contributed by atoms with Crippen LogP contribution in [0, 0.1) is 5.92 Å². The number of carbonyl (C=O) groups is 2. The van der Waals surface area contributed by atoms with E-state index in [0.717, 1.165) is 32.4 Å². The molecular formula is C14H28N4O2. The van der Waals surface area contributed by atoms with Gasteiger partial charge in [-0.25, -0.2) is 4.79 Å². The first kappa shape index (κ1) is 16.9. The highest BCUT2D eigenvalue weighted by Gasteiger charge is 2.25. The Bertz CT molecular complexity index is 320. The van der Waals surface area contributed by atoms with E-state index in [2.05, 4.69) is 34.7 Å². The van der Waals surface area contributed by atoms with Crippen molar-refractivity contribution < 1.29 is 9.59 Å². The highest BCUT2D eigenvalue weighted by molar-refractivity contribution is 5.95. The highest BCUT2D eigenvalue weighted by Crippen LogP contribution is 2.15. The van der Waals surface area contributed by atoms with E-state index in [1.807, 2.05) is 7.05 Å². The van der Waals surface area contributed by atoms with Gasteiger partial charge in [0.15, 0.2) is 0 Å². The van der Waals surface area contributed by atoms with Crippen molar-refractivity contribution in [2.75, 3.05) is 33.2 Å². The molecule has 0 saturated carbocycles. The lowest BCUT2D eigenvalue weighted by Gasteiger charge is -2.23. The Labute approximate surface area is 121 Å². The van der Waals surface area contributed by atoms with Gasteiger partial charge in [0.25, 0.3) is 0 Å². The molecule has 1 aliphatic rings. The standard InChI is InChI=1S/C14H28N4O2/c1-11(2)6-7-16-14(20)17-13(19)10-18-8-4-5-12(18)9-15-3/h11-12,15H,4-10H2,1-3H3,(H2,16,17,19,20). The zero-order valence-electron chi connectivity index (χ0n) is 12.9. The Balaban J connectivity index is 2.23. The third kappa shape index (κ3) is 6.34. The van der Waals surface area contributed by atoms with Crippen LogP contribution in [0.3, 0.4) is 0 Å². The van der Waals surface area contributed by atoms with Crippen LogP contribution in [0.5, 0.6) is 0 Å². The minimum atomic E-state index is -0.389. The van der Waals surface area contributed by atoms with Crippen LogP contribution in [-0.2, 0) is 4.79 Å². The highest BCUT2D eigenvalue weighted by atomic mass is 16.2. The summed E-state index contributed by atoms with van der Waals surface area (Å²) in [5.41, 5.74) is 0. The van der Waals surface area contributed by atoms with Crippen molar-refractivity contribution in [2.45, 2.75) is 39.2 Å². The molecule has 3 N–H and O–H groups in total. The number of urea groups is 1. The molecule has 3 amide bonds. The molecule has 116 valence electrons. The van der Waals surface area contributed by atoms with Crippen LogP contribution in [0.1, 0.15) is 33.1 Å². The number of likely N-dealkylation sites (N-methyl/N-ethyl adjacent to an activating group) is 1. The number of likely N-dealkylation sites (tertiary alicyclic amines) is 1. The number of imide groups is 1. The summed E-state index contributed by atoms with van der Waals surface area (Å²) in [6, 6.07) is 0.00904. The van der Waals surface area contributed by atoms with Crippen LogP contribution in [0.25, 0.3) is 0 Å². The summed E-state index contributed by atoms with van der Waals surface area (Å²) in [6.07, 6.45) is 3.13. The number of nitrogens with zero attached hydrogens (tertiary/aromatic N) is 1. The van der Waals surface area contributed by atoms with Gasteiger partial charge in [-0.3, -0.25) is 15.0 Å². The first-order chi connectivity index (χ1) is 9.52. The fraction of sp³-hybridized carbons (Fsp3) is 0.857. The van der Waals surface area contributed by atoms with Crippen LogP contribution < -0.4 is 16.0 Å². The minimum absolute atomic E-state index is 0.227. The van der Waals surface area contributed by atoms with Gasteiger partial charge in [-0.1, -0.05) is 13.8 Å². The van der Waals surface area contributed by atoms with Crippen LogP contribution in [0.4, 0.5) is 4.79 Å². The van der Waals surface area contributed by atoms with Gasteiger partial charge in [-0.05, 0) is 38.8 Å². The van der Waals surface area contributed by atoms with Crippen molar-refractivity contribution in [1.82, 2.24) is 20.9 Å². The van der Waals surface area contributed by atoms with E-state index in [9.17, 15) is 9.59 Å². The number of rotatable bonds is 7. The lowest BCUT2D eigenvalue weighted by molar-refractivity contribution is -0.121. The van der Waals surface area contributed by atoms with E-state index in [4.69, 9.17) is 0 Å². The normalized spacial score (nSPS) is 19.3. The number of amides is 3. The van der Waals surface area contributed by atoms with Gasteiger partial charge in [-0.15, -0.1) is 0 Å². The molecule has 1 fully saturated rings. The Hall–Kier alpha value is -1.14. The molecule has 1 unspecified atom stereocenters. The first-order valence-electron chi connectivity index (χ1n) is 7.49. The van der Waals surface area contributed by atoms with Crippen molar-refractivity contribution in [3.8, 4) is 0 Å². The predicted molar refractivity (Wildman–Crippen MR) is 79.5 cm³/mol. The summed E-state index contributed by atoms with van der Waals surface area (Å²) >= 11 is 0. The maximum absolute atomic E-state index is 11.8. The molecule has 1 heterocycles. The third-order valence-corrected chi connectivity index (χ3v) is 3.55. The summed E-state index contributed by atoms with van der Waals surface area (Å²) in [4.78, 5) is 25.5. The Morgan fingerprint density at radius 2 is 2.10 bits per heavy atom. The fourth-order valence-corrected chi connectivity index (χ4v) is 2.44. The van der Waals surface area contributed by atoms with E-state index in [0.29, 0.717) is 25.0 Å². The van der Waals surface area contributed by atoms with Crippen LogP contribution >= 0.6 is 0 Å². The van der Waals surface area contributed by atoms with E-state index in [1.165, 1.54) is 0 Å². The third-order valence-electron chi connectivity index (χ3n) is 3.55. The lowest BCUT2D eigenvalue weighted by Crippen LogP contribution is -2.47. The van der Waals surface area contributed by atoms with Gasteiger partial charge in [0.2, 0.25) is 5.91 Å². The Morgan fingerprint density at radius 3 is 2.75 bits per heavy atom. The Morgan fingerprint density at radius 1 is 1.35 bits per heavy atom. The number of hydrogen-bond acceptors (Lipinski definition) is 4. The van der Waals surface area contributed by atoms with Crippen molar-refractivity contribution in [3.63, 3.8) is 0 Å².